The number of rotatable bonds is 7. The summed E-state index contributed by atoms with van der Waals surface area (Å²) in [5, 5.41) is 11.7. The molecule has 1 aliphatic rings. The number of ether oxygens (including phenoxy) is 1. The second-order valence-corrected chi connectivity index (χ2v) is 11.9. The summed E-state index contributed by atoms with van der Waals surface area (Å²) in [5.41, 5.74) is -1.60. The van der Waals surface area contributed by atoms with E-state index in [1.165, 1.54) is 16.4 Å². The van der Waals surface area contributed by atoms with Gasteiger partial charge in [-0.15, -0.1) is 11.3 Å². The Morgan fingerprint density at radius 2 is 1.72 bits per heavy atom. The SMILES string of the molecule is COc1ccc(C[C@@H]2CN(S(=O)(=O)c3cccs3)CCN2c2ccc(C(C)(O)C(F)(F)F)cc2)cc1. The van der Waals surface area contributed by atoms with E-state index in [1.807, 2.05) is 29.2 Å². The van der Waals surface area contributed by atoms with Gasteiger partial charge in [0.1, 0.15) is 9.96 Å². The maximum atomic E-state index is 13.3. The zero-order chi connectivity index (χ0) is 26.1. The van der Waals surface area contributed by atoms with E-state index in [4.69, 9.17) is 4.74 Å². The average Bonchev–Trinajstić information content (AvgIpc) is 3.40. The van der Waals surface area contributed by atoms with Crippen molar-refractivity contribution in [1.29, 1.82) is 0 Å². The smallest absolute Gasteiger partial charge is 0.421 e. The summed E-state index contributed by atoms with van der Waals surface area (Å²) in [6.07, 6.45) is -4.30. The van der Waals surface area contributed by atoms with Gasteiger partial charge in [0.15, 0.2) is 5.60 Å². The van der Waals surface area contributed by atoms with Crippen molar-refractivity contribution in [1.82, 2.24) is 4.31 Å². The number of benzene rings is 2. The molecule has 36 heavy (non-hydrogen) atoms. The van der Waals surface area contributed by atoms with E-state index in [0.29, 0.717) is 24.4 Å². The Labute approximate surface area is 212 Å². The van der Waals surface area contributed by atoms with Crippen LogP contribution in [0.3, 0.4) is 0 Å². The standard InChI is InChI=1S/C25H27F3N2O4S2/c1-24(31,25(26,27)28)19-7-9-20(10-8-19)30-14-13-29(36(32,33)23-4-3-15-35-23)17-21(30)16-18-5-11-22(34-2)12-6-18/h3-12,15,21,31H,13-14,16-17H2,1-2H3/t21-,24?/m1/s1. The van der Waals surface area contributed by atoms with Crippen LogP contribution >= 0.6 is 11.3 Å². The van der Waals surface area contributed by atoms with Crippen LogP contribution in [0.5, 0.6) is 5.75 Å². The summed E-state index contributed by atoms with van der Waals surface area (Å²) in [7, 11) is -2.08. The van der Waals surface area contributed by atoms with Crippen molar-refractivity contribution in [3.63, 3.8) is 0 Å². The first-order valence-electron chi connectivity index (χ1n) is 11.3. The minimum absolute atomic E-state index is 0.217. The van der Waals surface area contributed by atoms with E-state index in [2.05, 4.69) is 0 Å². The Kier molecular flexibility index (Phi) is 7.38. The Bertz CT molecular complexity index is 1260. The molecule has 4 rings (SSSR count). The summed E-state index contributed by atoms with van der Waals surface area (Å²) in [5.74, 6) is 0.702. The van der Waals surface area contributed by atoms with Crippen LogP contribution in [-0.2, 0) is 22.0 Å². The van der Waals surface area contributed by atoms with Crippen LogP contribution in [0.15, 0.2) is 70.3 Å². The summed E-state index contributed by atoms with van der Waals surface area (Å²) in [4.78, 5) is 2.01. The highest BCUT2D eigenvalue weighted by Gasteiger charge is 2.51. The van der Waals surface area contributed by atoms with Gasteiger partial charge >= 0.3 is 6.18 Å². The number of sulfonamides is 1. The molecule has 1 aromatic heterocycles. The number of hydrogen-bond acceptors (Lipinski definition) is 6. The zero-order valence-corrected chi connectivity index (χ0v) is 21.4. The fourth-order valence-electron chi connectivity index (χ4n) is 4.27. The first-order valence-corrected chi connectivity index (χ1v) is 13.6. The van der Waals surface area contributed by atoms with Gasteiger partial charge in [-0.1, -0.05) is 30.3 Å². The molecule has 1 fully saturated rings. The van der Waals surface area contributed by atoms with Crippen molar-refractivity contribution >= 4 is 27.0 Å². The van der Waals surface area contributed by atoms with E-state index in [0.717, 1.165) is 23.8 Å². The van der Waals surface area contributed by atoms with Crippen molar-refractivity contribution in [2.45, 2.75) is 35.4 Å². The largest absolute Gasteiger partial charge is 0.497 e. The first kappa shape index (κ1) is 26.5. The summed E-state index contributed by atoms with van der Waals surface area (Å²) in [6.45, 7) is 1.54. The van der Waals surface area contributed by atoms with E-state index >= 15 is 0 Å². The number of anilines is 1. The molecule has 2 heterocycles. The normalized spacial score (nSPS) is 19.2. The van der Waals surface area contributed by atoms with Gasteiger partial charge in [0.2, 0.25) is 0 Å². The van der Waals surface area contributed by atoms with Crippen LogP contribution in [0.25, 0.3) is 0 Å². The van der Waals surface area contributed by atoms with Crippen molar-refractivity contribution in [3.05, 3.63) is 77.2 Å². The topological polar surface area (TPSA) is 70.1 Å². The predicted molar refractivity (Wildman–Crippen MR) is 133 cm³/mol. The number of alkyl halides is 3. The van der Waals surface area contributed by atoms with Crippen LogP contribution in [0.2, 0.25) is 0 Å². The molecular formula is C25H27F3N2O4S2. The molecular weight excluding hydrogens is 513 g/mol. The predicted octanol–water partition coefficient (Wildman–Crippen LogP) is 4.65. The van der Waals surface area contributed by atoms with Gasteiger partial charge < -0.3 is 14.7 Å². The van der Waals surface area contributed by atoms with Gasteiger partial charge in [-0.05, 0) is 60.2 Å². The highest BCUT2D eigenvalue weighted by Crippen LogP contribution is 2.39. The van der Waals surface area contributed by atoms with Gasteiger partial charge in [-0.3, -0.25) is 0 Å². The van der Waals surface area contributed by atoms with Crippen molar-refractivity contribution in [3.8, 4) is 5.75 Å². The molecule has 1 aliphatic heterocycles. The van der Waals surface area contributed by atoms with Gasteiger partial charge in [-0.2, -0.15) is 17.5 Å². The summed E-state index contributed by atoms with van der Waals surface area (Å²) < 4.78 is 73.2. The lowest BCUT2D eigenvalue weighted by atomic mass is 9.94. The zero-order valence-electron chi connectivity index (χ0n) is 19.8. The molecule has 11 heteroatoms. The van der Waals surface area contributed by atoms with Gasteiger partial charge in [-0.25, -0.2) is 8.42 Å². The maximum Gasteiger partial charge on any atom is 0.421 e. The third kappa shape index (κ3) is 5.24. The molecule has 1 N–H and O–H groups in total. The third-order valence-electron chi connectivity index (χ3n) is 6.48. The second kappa shape index (κ2) is 10.0. The Morgan fingerprint density at radius 1 is 1.06 bits per heavy atom. The molecule has 0 saturated carbocycles. The number of nitrogens with zero attached hydrogens (tertiary/aromatic N) is 2. The number of methoxy groups -OCH3 is 1. The Morgan fingerprint density at radius 3 is 2.28 bits per heavy atom. The van der Waals surface area contributed by atoms with E-state index in [9.17, 15) is 26.7 Å². The van der Waals surface area contributed by atoms with Crippen molar-refractivity contribution in [2.75, 3.05) is 31.6 Å². The number of halogens is 3. The first-order chi connectivity index (χ1) is 16.9. The highest BCUT2D eigenvalue weighted by molar-refractivity contribution is 7.91. The molecule has 1 unspecified atom stereocenters. The van der Waals surface area contributed by atoms with E-state index < -0.39 is 21.8 Å². The fourth-order valence-corrected chi connectivity index (χ4v) is 6.89. The summed E-state index contributed by atoms with van der Waals surface area (Å²) >= 11 is 1.16. The van der Waals surface area contributed by atoms with Crippen molar-refractivity contribution < 1.29 is 31.4 Å². The number of thiophene rings is 1. The number of piperazine rings is 1. The lowest BCUT2D eigenvalue weighted by Gasteiger charge is -2.42. The van der Waals surface area contributed by atoms with E-state index in [1.54, 1.807) is 36.8 Å². The minimum atomic E-state index is -4.81. The van der Waals surface area contributed by atoms with Gasteiger partial charge in [0.25, 0.3) is 10.0 Å². The highest BCUT2D eigenvalue weighted by atomic mass is 32.2. The third-order valence-corrected chi connectivity index (χ3v) is 9.72. The van der Waals surface area contributed by atoms with Crippen LogP contribution in [-0.4, -0.2) is 56.8 Å². The molecule has 0 amide bonds. The average molecular weight is 541 g/mol. The van der Waals surface area contributed by atoms with Crippen molar-refractivity contribution in [2.24, 2.45) is 0 Å². The maximum absolute atomic E-state index is 13.3. The molecule has 0 radical (unpaired) electrons. The quantitative estimate of drug-likeness (QED) is 0.473. The number of hydrogen-bond donors (Lipinski definition) is 1. The molecule has 6 nitrogen and oxygen atoms in total. The molecule has 2 aromatic carbocycles. The van der Waals surface area contributed by atoms with Gasteiger partial charge in [0, 0.05) is 31.4 Å². The molecule has 0 spiro atoms. The molecule has 2 atom stereocenters. The minimum Gasteiger partial charge on any atom is -0.497 e. The summed E-state index contributed by atoms with van der Waals surface area (Å²) in [6, 6.07) is 16.1. The molecule has 3 aromatic rings. The lowest BCUT2D eigenvalue weighted by molar-refractivity contribution is -0.258. The molecule has 194 valence electrons. The van der Waals surface area contributed by atoms with Crippen LogP contribution in [0.4, 0.5) is 18.9 Å². The lowest BCUT2D eigenvalue weighted by Crippen LogP contribution is -2.55. The fraction of sp³-hybridized carbons (Fsp3) is 0.360. The second-order valence-electron chi connectivity index (χ2n) is 8.81. The monoisotopic (exact) mass is 540 g/mol. The molecule has 1 saturated heterocycles. The van der Waals surface area contributed by atoms with E-state index in [-0.39, 0.29) is 28.9 Å². The van der Waals surface area contributed by atoms with Crippen LogP contribution in [0, 0.1) is 0 Å². The molecule has 0 bridgehead atoms. The van der Waals surface area contributed by atoms with Gasteiger partial charge in [0.05, 0.1) is 7.11 Å². The Hall–Kier alpha value is -2.60. The van der Waals surface area contributed by atoms with Crippen LogP contribution in [0.1, 0.15) is 18.1 Å². The molecule has 0 aliphatic carbocycles. The van der Waals surface area contributed by atoms with Crippen LogP contribution < -0.4 is 9.64 Å². The number of aliphatic hydroxyl groups is 1. The Balaban J connectivity index is 1.63.